The number of hydrogen-bond acceptors (Lipinski definition) is 10. The van der Waals surface area contributed by atoms with Crippen LogP contribution in [0.2, 0.25) is 0 Å². The maximum absolute atomic E-state index is 13.8. The first-order valence-electron chi connectivity index (χ1n) is 17.1. The molecule has 4 N–H and O–H groups in total. The van der Waals surface area contributed by atoms with E-state index in [1.807, 2.05) is 36.4 Å². The number of para-hydroxylation sites is 1. The number of hydrogen-bond donors (Lipinski definition) is 3. The van der Waals surface area contributed by atoms with Gasteiger partial charge in [-0.3, -0.25) is 24.0 Å². The molecule has 0 bridgehead atoms. The lowest BCUT2D eigenvalue weighted by molar-refractivity contribution is -0.140. The van der Waals surface area contributed by atoms with E-state index in [-0.39, 0.29) is 38.0 Å². The number of nitrogens with two attached hydrogens (primary N) is 1. The monoisotopic (exact) mass is 717 g/mol. The molecule has 3 fully saturated rings. The van der Waals surface area contributed by atoms with Crippen LogP contribution in [-0.4, -0.2) is 98.6 Å². The predicted octanol–water partition coefficient (Wildman–Crippen LogP) is 2.13. The van der Waals surface area contributed by atoms with E-state index in [4.69, 9.17) is 19.9 Å². The summed E-state index contributed by atoms with van der Waals surface area (Å²) in [5, 5.41) is 2.10. The lowest BCUT2D eigenvalue weighted by Gasteiger charge is -2.28. The molecule has 5 atom stereocenters. The summed E-state index contributed by atoms with van der Waals surface area (Å²) in [6.07, 6.45) is 5.20. The number of primary amides is 1. The Morgan fingerprint density at radius 3 is 2.54 bits per heavy atom. The minimum atomic E-state index is -3.56. The summed E-state index contributed by atoms with van der Waals surface area (Å²) in [5.74, 6) is -2.23. The summed E-state index contributed by atoms with van der Waals surface area (Å²) < 4.78 is 43.1. The summed E-state index contributed by atoms with van der Waals surface area (Å²) >= 11 is 0. The number of carbonyl (C=O) groups is 5. The Balaban J connectivity index is 1.12. The van der Waals surface area contributed by atoms with Gasteiger partial charge < -0.3 is 30.2 Å². The molecule has 5 rings (SSSR count). The smallest absolute Gasteiger partial charge is 0.414 e. The van der Waals surface area contributed by atoms with Gasteiger partial charge in [0.25, 0.3) is 0 Å². The van der Waals surface area contributed by atoms with E-state index in [0.29, 0.717) is 45.1 Å². The van der Waals surface area contributed by atoms with Crippen LogP contribution in [0.5, 0.6) is 0 Å². The zero-order valence-electron chi connectivity index (χ0n) is 28.7. The minimum Gasteiger partial charge on any atom is -0.444 e. The van der Waals surface area contributed by atoms with Crippen LogP contribution in [0.1, 0.15) is 64.9 Å². The van der Waals surface area contributed by atoms with E-state index in [0.717, 1.165) is 11.3 Å². The van der Waals surface area contributed by atoms with Crippen molar-refractivity contribution in [2.24, 2.45) is 17.6 Å². The third-order valence-electron chi connectivity index (χ3n) is 8.95. The van der Waals surface area contributed by atoms with Gasteiger partial charge in [-0.2, -0.15) is 0 Å². The van der Waals surface area contributed by atoms with Gasteiger partial charge in [0.1, 0.15) is 23.8 Å². The molecule has 5 amide bonds. The number of amides is 5. The van der Waals surface area contributed by atoms with Gasteiger partial charge in [0.2, 0.25) is 27.7 Å². The number of allylic oxidation sites excluding steroid dienone is 2. The van der Waals surface area contributed by atoms with Crippen LogP contribution in [0.3, 0.4) is 0 Å². The molecular weight excluding hydrogens is 670 g/mol. The van der Waals surface area contributed by atoms with Crippen molar-refractivity contribution in [3.05, 3.63) is 42.0 Å². The summed E-state index contributed by atoms with van der Waals surface area (Å²) in [6.45, 7) is 5.40. The van der Waals surface area contributed by atoms with Crippen molar-refractivity contribution in [3.8, 4) is 0 Å². The molecule has 0 aromatic heterocycles. The number of rotatable bonds is 14. The van der Waals surface area contributed by atoms with Gasteiger partial charge in [0.15, 0.2) is 0 Å². The summed E-state index contributed by atoms with van der Waals surface area (Å²) in [6, 6.07) is 5.22. The molecule has 50 heavy (non-hydrogen) atoms. The molecule has 1 aromatic rings. The average molecular weight is 718 g/mol. The highest BCUT2D eigenvalue weighted by atomic mass is 32.2. The molecule has 274 valence electrons. The topological polar surface area (TPSA) is 204 Å². The minimum absolute atomic E-state index is 0.00842. The highest BCUT2D eigenvalue weighted by molar-refractivity contribution is 7.90. The molecule has 2 saturated carbocycles. The van der Waals surface area contributed by atoms with Crippen molar-refractivity contribution in [2.45, 2.75) is 94.8 Å². The summed E-state index contributed by atoms with van der Waals surface area (Å²) in [7, 11) is -3.56. The number of nitrogens with one attached hydrogen (secondary N) is 2. The van der Waals surface area contributed by atoms with E-state index in [1.54, 1.807) is 20.8 Å². The highest BCUT2D eigenvalue weighted by Gasteiger charge is 2.46. The van der Waals surface area contributed by atoms with Gasteiger partial charge >= 0.3 is 12.2 Å². The number of sulfonamides is 1. The number of likely N-dealkylation sites (tertiary alicyclic amines) is 1. The molecule has 0 spiro atoms. The van der Waals surface area contributed by atoms with Crippen molar-refractivity contribution in [3.63, 3.8) is 0 Å². The second-order valence-electron chi connectivity index (χ2n) is 14.2. The number of ether oxygens (including phenoxy) is 3. The first-order chi connectivity index (χ1) is 23.6. The van der Waals surface area contributed by atoms with E-state index in [2.05, 4.69) is 10.0 Å². The number of alkyl carbamates (subject to hydrolysis) is 1. The highest BCUT2D eigenvalue weighted by Crippen LogP contribution is 2.40. The molecule has 15 nitrogen and oxygen atoms in total. The molecular formula is C34H47N5O10S. The van der Waals surface area contributed by atoms with E-state index >= 15 is 0 Å². The molecule has 1 saturated heterocycles. The maximum Gasteiger partial charge on any atom is 0.414 e. The Hall–Kier alpha value is -4.18. The van der Waals surface area contributed by atoms with Crippen LogP contribution >= 0.6 is 0 Å². The van der Waals surface area contributed by atoms with Gasteiger partial charge in [-0.1, -0.05) is 30.4 Å². The average Bonchev–Trinajstić information content (AvgIpc) is 3.95. The number of fused-ring (bicyclic) bond motifs is 1. The Bertz CT molecular complexity index is 1600. The fourth-order valence-corrected chi connectivity index (χ4v) is 7.49. The van der Waals surface area contributed by atoms with Crippen molar-refractivity contribution < 1.29 is 46.6 Å². The Labute approximate surface area is 292 Å². The summed E-state index contributed by atoms with van der Waals surface area (Å²) in [4.78, 5) is 67.0. The number of benzene rings is 1. The van der Waals surface area contributed by atoms with Crippen LogP contribution < -0.4 is 20.7 Å². The van der Waals surface area contributed by atoms with Crippen LogP contribution in [0, 0.1) is 11.8 Å². The molecule has 16 heteroatoms. The van der Waals surface area contributed by atoms with Gasteiger partial charge in [0, 0.05) is 25.5 Å². The maximum atomic E-state index is 13.8. The predicted molar refractivity (Wildman–Crippen MR) is 181 cm³/mol. The van der Waals surface area contributed by atoms with Gasteiger partial charge in [-0.15, -0.1) is 0 Å². The molecule has 4 aliphatic rings. The number of unbranched alkanes of at least 4 members (excludes halogenated alkanes) is 1. The molecule has 2 aliphatic carbocycles. The summed E-state index contributed by atoms with van der Waals surface area (Å²) in [5.41, 5.74) is 6.61. The standard InChI is InChI=1S/C34H47N5O10S/c1-34(2,3)49-32(43)36-26(20-47-16-8-4-5-10-22-17-25(22)30(41)37-50(45,46)24-12-13-24)31(42)39-19-23(18-28(39)29(35)40)48-33(44)38-15-14-21-9-6-7-11-27(21)38/h5-7,9-11,22-26,28H,4,8,12-20H2,1-3H3,(H2,35,40)(H,36,43)(H,37,41)/b10-5-/t22-,23-,25+,26+,28+/m1/s1. The zero-order chi connectivity index (χ0) is 36.2. The lowest BCUT2D eigenvalue weighted by Crippen LogP contribution is -2.55. The number of carbonyl (C=O) groups excluding carboxylic acids is 5. The van der Waals surface area contributed by atoms with Crippen molar-refractivity contribution in [2.75, 3.05) is 31.2 Å². The van der Waals surface area contributed by atoms with E-state index < -0.39 is 69.0 Å². The second kappa shape index (κ2) is 15.4. The Morgan fingerprint density at radius 1 is 1.10 bits per heavy atom. The van der Waals surface area contributed by atoms with Gasteiger partial charge in [0.05, 0.1) is 24.1 Å². The first-order valence-corrected chi connectivity index (χ1v) is 18.6. The quantitative estimate of drug-likeness (QED) is 0.189. The SMILES string of the molecule is CC(C)(C)OC(=O)N[C@@H](COCCC/C=C\[C@@H]1C[C@@H]1C(=O)NS(=O)(=O)C1CC1)C(=O)N1C[C@H](OC(=O)N2CCc3ccccc32)C[C@H]1C(N)=O. The number of anilines is 1. The molecule has 2 aliphatic heterocycles. The number of nitrogens with zero attached hydrogens (tertiary/aromatic N) is 2. The van der Waals surface area contributed by atoms with Gasteiger partial charge in [-0.25, -0.2) is 18.0 Å². The molecule has 1 aromatic carbocycles. The van der Waals surface area contributed by atoms with Crippen molar-refractivity contribution in [1.29, 1.82) is 0 Å². The van der Waals surface area contributed by atoms with Crippen LogP contribution in [-0.2, 0) is 45.0 Å². The normalized spacial score (nSPS) is 23.7. The fraction of sp³-hybridized carbons (Fsp3) is 0.618. The zero-order valence-corrected chi connectivity index (χ0v) is 29.5. The molecule has 2 heterocycles. The third-order valence-corrected chi connectivity index (χ3v) is 10.8. The third kappa shape index (κ3) is 9.74. The second-order valence-corrected chi connectivity index (χ2v) is 16.2. The van der Waals surface area contributed by atoms with Gasteiger partial charge in [-0.05, 0) is 76.8 Å². The van der Waals surface area contributed by atoms with E-state index in [9.17, 15) is 32.4 Å². The van der Waals surface area contributed by atoms with Crippen molar-refractivity contribution >= 4 is 45.6 Å². The van der Waals surface area contributed by atoms with Crippen LogP contribution in [0.15, 0.2) is 36.4 Å². The van der Waals surface area contributed by atoms with Crippen molar-refractivity contribution in [1.82, 2.24) is 14.9 Å². The Kier molecular flexibility index (Phi) is 11.4. The molecule has 0 unspecified atom stereocenters. The lowest BCUT2D eigenvalue weighted by atomic mass is 10.1. The van der Waals surface area contributed by atoms with Crippen LogP contribution in [0.25, 0.3) is 0 Å². The van der Waals surface area contributed by atoms with E-state index in [1.165, 1.54) is 9.80 Å². The molecule has 0 radical (unpaired) electrons. The largest absolute Gasteiger partial charge is 0.444 e. The van der Waals surface area contributed by atoms with Crippen LogP contribution in [0.4, 0.5) is 15.3 Å². The first kappa shape index (κ1) is 37.1. The fourth-order valence-electron chi connectivity index (χ4n) is 6.14. The Morgan fingerprint density at radius 2 is 1.84 bits per heavy atom.